The van der Waals surface area contributed by atoms with E-state index in [1.54, 1.807) is 55.1 Å². The summed E-state index contributed by atoms with van der Waals surface area (Å²) in [4.78, 5) is 38.6. The first-order valence-corrected chi connectivity index (χ1v) is 16.4. The molecular formula is C34H38N8O4S. The molecule has 244 valence electrons. The maximum atomic E-state index is 14.2. The Morgan fingerprint density at radius 2 is 1.83 bits per heavy atom. The third-order valence-electron chi connectivity index (χ3n) is 7.88. The Balaban J connectivity index is 1.38. The van der Waals surface area contributed by atoms with Gasteiger partial charge in [-0.2, -0.15) is 5.10 Å². The number of hydrogen-bond donors (Lipinski definition) is 1. The SMILES string of the molecule is Cc1csc(C2CCCN2C(=O)c2cc(-c3nnc(C(C)(Cc4ccccc4)NC(=O)OC(C)(C)C)o3)nc(-c3ccnn3C)c2)n1. The van der Waals surface area contributed by atoms with E-state index < -0.39 is 17.2 Å². The number of nitrogens with zero attached hydrogens (tertiary/aromatic N) is 7. The summed E-state index contributed by atoms with van der Waals surface area (Å²) in [6.45, 7) is 9.79. The van der Waals surface area contributed by atoms with Crippen molar-refractivity contribution in [1.29, 1.82) is 0 Å². The molecule has 0 radical (unpaired) electrons. The van der Waals surface area contributed by atoms with Crippen LogP contribution in [0.2, 0.25) is 0 Å². The molecule has 0 aliphatic carbocycles. The first-order chi connectivity index (χ1) is 22.4. The van der Waals surface area contributed by atoms with Crippen molar-refractivity contribution in [1.82, 2.24) is 40.2 Å². The summed E-state index contributed by atoms with van der Waals surface area (Å²) >= 11 is 1.58. The van der Waals surface area contributed by atoms with Crippen LogP contribution in [-0.4, -0.2) is 59.0 Å². The molecular weight excluding hydrogens is 616 g/mol. The van der Waals surface area contributed by atoms with Crippen molar-refractivity contribution in [2.45, 2.75) is 71.1 Å². The normalized spacial score (nSPS) is 16.2. The molecule has 1 aliphatic heterocycles. The van der Waals surface area contributed by atoms with Crippen LogP contribution in [0.25, 0.3) is 23.0 Å². The quantitative estimate of drug-likeness (QED) is 0.205. The predicted octanol–water partition coefficient (Wildman–Crippen LogP) is 6.26. The van der Waals surface area contributed by atoms with Gasteiger partial charge in [-0.25, -0.2) is 14.8 Å². The number of pyridine rings is 1. The first-order valence-electron chi connectivity index (χ1n) is 15.5. The van der Waals surface area contributed by atoms with Crippen LogP contribution in [-0.2, 0) is 23.7 Å². The summed E-state index contributed by atoms with van der Waals surface area (Å²) in [5.41, 5.74) is 2.08. The number of hydrogen-bond acceptors (Lipinski definition) is 10. The second kappa shape index (κ2) is 12.7. The molecule has 2 amide bonds. The van der Waals surface area contributed by atoms with Crippen molar-refractivity contribution >= 4 is 23.3 Å². The molecule has 1 saturated heterocycles. The van der Waals surface area contributed by atoms with E-state index in [0.717, 1.165) is 34.8 Å². The predicted molar refractivity (Wildman–Crippen MR) is 176 cm³/mol. The third-order valence-corrected chi connectivity index (χ3v) is 8.95. The van der Waals surface area contributed by atoms with Crippen LogP contribution >= 0.6 is 11.3 Å². The summed E-state index contributed by atoms with van der Waals surface area (Å²) in [5.74, 6) is 0.145. The van der Waals surface area contributed by atoms with Crippen LogP contribution in [0.15, 0.2) is 64.5 Å². The zero-order valence-corrected chi connectivity index (χ0v) is 28.2. The van der Waals surface area contributed by atoms with Gasteiger partial charge in [0.05, 0.1) is 17.4 Å². The van der Waals surface area contributed by atoms with Gasteiger partial charge in [-0.05, 0) is 71.2 Å². The molecule has 1 fully saturated rings. The van der Waals surface area contributed by atoms with E-state index in [-0.39, 0.29) is 23.7 Å². The van der Waals surface area contributed by atoms with E-state index in [1.165, 1.54) is 0 Å². The summed E-state index contributed by atoms with van der Waals surface area (Å²) < 4.78 is 13.6. The molecule has 13 heteroatoms. The average molecular weight is 655 g/mol. The van der Waals surface area contributed by atoms with Crippen molar-refractivity contribution < 1.29 is 18.7 Å². The molecule has 0 saturated carbocycles. The van der Waals surface area contributed by atoms with Gasteiger partial charge in [0.1, 0.15) is 21.8 Å². The van der Waals surface area contributed by atoms with E-state index >= 15 is 0 Å². The monoisotopic (exact) mass is 654 g/mol. The molecule has 4 aromatic heterocycles. The van der Waals surface area contributed by atoms with Gasteiger partial charge in [-0.1, -0.05) is 30.3 Å². The van der Waals surface area contributed by atoms with Crippen LogP contribution in [0, 0.1) is 6.92 Å². The van der Waals surface area contributed by atoms with Gasteiger partial charge < -0.3 is 19.4 Å². The van der Waals surface area contributed by atoms with E-state index in [2.05, 4.69) is 25.6 Å². The van der Waals surface area contributed by atoms with Crippen molar-refractivity contribution in [3.63, 3.8) is 0 Å². The molecule has 5 heterocycles. The second-order valence-electron chi connectivity index (χ2n) is 13.0. The second-order valence-corrected chi connectivity index (χ2v) is 13.9. The van der Waals surface area contributed by atoms with Crippen LogP contribution < -0.4 is 5.32 Å². The Bertz CT molecular complexity index is 1890. The fourth-order valence-corrected chi connectivity index (χ4v) is 6.68. The summed E-state index contributed by atoms with van der Waals surface area (Å²) in [6, 6.07) is 14.9. The molecule has 1 aromatic carbocycles. The lowest BCUT2D eigenvalue weighted by atomic mass is 9.92. The van der Waals surface area contributed by atoms with E-state index in [9.17, 15) is 9.59 Å². The fraction of sp³-hybridized carbons (Fsp3) is 0.382. The van der Waals surface area contributed by atoms with E-state index in [4.69, 9.17) is 14.1 Å². The Hall–Kier alpha value is -4.91. The minimum atomic E-state index is -1.12. The zero-order chi connectivity index (χ0) is 33.3. The van der Waals surface area contributed by atoms with Gasteiger partial charge in [-0.3, -0.25) is 9.48 Å². The summed E-state index contributed by atoms with van der Waals surface area (Å²) in [7, 11) is 1.81. The maximum Gasteiger partial charge on any atom is 0.408 e. The standard InChI is InChI=1S/C34H38N8O4S/c1-21-20-47-29(36-21)27-13-10-16-42(27)30(43)23-17-24(26-14-15-35-41(26)6)37-25(18-23)28-39-40-31(45-28)34(5,19-22-11-8-7-9-12-22)38-32(44)46-33(2,3)4/h7-9,11-12,14-15,17-18,20,27H,10,13,16,19H2,1-6H3,(H,38,44). The average Bonchev–Trinajstić information content (AvgIpc) is 3.83. The van der Waals surface area contributed by atoms with Crippen molar-refractivity contribution in [2.75, 3.05) is 6.54 Å². The largest absolute Gasteiger partial charge is 0.444 e. The molecule has 12 nitrogen and oxygen atoms in total. The third kappa shape index (κ3) is 7.09. The van der Waals surface area contributed by atoms with Gasteiger partial charge in [0.2, 0.25) is 5.89 Å². The van der Waals surface area contributed by atoms with Gasteiger partial charge in [0.25, 0.3) is 11.8 Å². The number of aryl methyl sites for hydroxylation is 2. The van der Waals surface area contributed by atoms with Crippen molar-refractivity contribution in [3.05, 3.63) is 87.8 Å². The summed E-state index contributed by atoms with van der Waals surface area (Å²) in [6.07, 6.45) is 3.15. The number of carbonyl (C=O) groups is 2. The number of likely N-dealkylation sites (tertiary alicyclic amines) is 1. The van der Waals surface area contributed by atoms with Gasteiger partial charge in [0, 0.05) is 42.8 Å². The number of amides is 2. The number of ether oxygens (including phenoxy) is 1. The smallest absolute Gasteiger partial charge is 0.408 e. The van der Waals surface area contributed by atoms with Crippen LogP contribution in [0.3, 0.4) is 0 Å². The Morgan fingerprint density at radius 3 is 2.51 bits per heavy atom. The molecule has 2 unspecified atom stereocenters. The minimum Gasteiger partial charge on any atom is -0.444 e. The lowest BCUT2D eigenvalue weighted by molar-refractivity contribution is 0.0443. The lowest BCUT2D eigenvalue weighted by Crippen LogP contribution is -2.47. The maximum absolute atomic E-state index is 14.2. The van der Waals surface area contributed by atoms with E-state index in [0.29, 0.717) is 29.9 Å². The van der Waals surface area contributed by atoms with Crippen LogP contribution in [0.1, 0.15) is 79.1 Å². The number of aromatic nitrogens is 6. The number of nitrogens with one attached hydrogen (secondary N) is 1. The number of rotatable bonds is 8. The topological polar surface area (TPSA) is 141 Å². The van der Waals surface area contributed by atoms with Crippen molar-refractivity contribution in [3.8, 4) is 23.0 Å². The Morgan fingerprint density at radius 1 is 1.06 bits per heavy atom. The highest BCUT2D eigenvalue weighted by atomic mass is 32.1. The molecule has 47 heavy (non-hydrogen) atoms. The Kier molecular flexibility index (Phi) is 8.66. The van der Waals surface area contributed by atoms with Crippen molar-refractivity contribution in [2.24, 2.45) is 7.05 Å². The van der Waals surface area contributed by atoms with Gasteiger partial charge in [-0.15, -0.1) is 21.5 Å². The first kappa shape index (κ1) is 32.0. The molecule has 0 bridgehead atoms. The van der Waals surface area contributed by atoms with Gasteiger partial charge >= 0.3 is 6.09 Å². The Labute approximate surface area is 277 Å². The highest BCUT2D eigenvalue weighted by Crippen LogP contribution is 2.36. The minimum absolute atomic E-state index is 0.0920. The van der Waals surface area contributed by atoms with Crippen LogP contribution in [0.5, 0.6) is 0 Å². The number of thiazole rings is 1. The van der Waals surface area contributed by atoms with Crippen LogP contribution in [0.4, 0.5) is 4.79 Å². The molecule has 0 spiro atoms. The summed E-state index contributed by atoms with van der Waals surface area (Å²) in [5, 5.41) is 18.9. The molecule has 5 aromatic rings. The number of carbonyl (C=O) groups excluding carboxylic acids is 2. The molecule has 1 N–H and O–H groups in total. The van der Waals surface area contributed by atoms with Gasteiger partial charge in [0.15, 0.2) is 0 Å². The zero-order valence-electron chi connectivity index (χ0n) is 27.4. The lowest BCUT2D eigenvalue weighted by Gasteiger charge is -2.29. The molecule has 2 atom stereocenters. The number of benzene rings is 1. The fourth-order valence-electron chi connectivity index (χ4n) is 5.73. The highest BCUT2D eigenvalue weighted by Gasteiger charge is 2.37. The molecule has 1 aliphatic rings. The van der Waals surface area contributed by atoms with E-state index in [1.807, 2.05) is 67.6 Å². The highest BCUT2D eigenvalue weighted by molar-refractivity contribution is 7.09. The molecule has 6 rings (SSSR count). The number of alkyl carbamates (subject to hydrolysis) is 1.